The fraction of sp³-hybridized carbons (Fsp3) is 0.400. The minimum absolute atomic E-state index is 0.128. The predicted octanol–water partition coefficient (Wildman–Crippen LogP) is 0.408. The van der Waals surface area contributed by atoms with Gasteiger partial charge in [0.05, 0.1) is 17.1 Å². The Morgan fingerprint density at radius 2 is 2.33 bits per heavy atom. The summed E-state index contributed by atoms with van der Waals surface area (Å²) < 4.78 is 4.79. The fourth-order valence-electron chi connectivity index (χ4n) is 1.29. The van der Waals surface area contributed by atoms with Crippen molar-refractivity contribution < 1.29 is 14.5 Å². The molecule has 1 heterocycles. The van der Waals surface area contributed by atoms with E-state index in [1.165, 1.54) is 13.2 Å². The molecule has 1 amide bonds. The molecular formula is C10H14N4O4. The summed E-state index contributed by atoms with van der Waals surface area (Å²) in [5.41, 5.74) is -0.103. The molecule has 1 aromatic rings. The van der Waals surface area contributed by atoms with Crippen LogP contribution >= 0.6 is 0 Å². The predicted molar refractivity (Wildman–Crippen MR) is 64.6 cm³/mol. The molecule has 8 heteroatoms. The number of nitro groups is 1. The maximum atomic E-state index is 11.8. The number of carbonyl (C=O) groups is 1. The minimum Gasteiger partial charge on any atom is -0.383 e. The number of aromatic nitrogens is 1. The summed E-state index contributed by atoms with van der Waals surface area (Å²) in [7, 11) is 3.10. The number of methoxy groups -OCH3 is 1. The molecule has 1 aromatic heterocycles. The van der Waals surface area contributed by atoms with Crippen LogP contribution in [-0.2, 0) is 4.74 Å². The van der Waals surface area contributed by atoms with Gasteiger partial charge in [0.2, 0.25) is 0 Å². The van der Waals surface area contributed by atoms with Gasteiger partial charge in [-0.1, -0.05) is 0 Å². The van der Waals surface area contributed by atoms with Crippen LogP contribution in [0.5, 0.6) is 0 Å². The van der Waals surface area contributed by atoms with E-state index in [4.69, 9.17) is 4.74 Å². The lowest BCUT2D eigenvalue weighted by Crippen LogP contribution is -2.27. The molecule has 0 aliphatic heterocycles. The smallest absolute Gasteiger partial charge is 0.288 e. The van der Waals surface area contributed by atoms with E-state index in [1.807, 2.05) is 0 Å². The molecule has 0 fully saturated rings. The Bertz CT molecular complexity index is 450. The topological polar surface area (TPSA) is 106 Å². The highest BCUT2D eigenvalue weighted by Crippen LogP contribution is 2.18. The highest BCUT2D eigenvalue weighted by atomic mass is 16.6. The summed E-state index contributed by atoms with van der Waals surface area (Å²) in [6.07, 6.45) is 1.10. The number of carbonyl (C=O) groups excluding carboxylic acids is 1. The summed E-state index contributed by atoms with van der Waals surface area (Å²) in [4.78, 5) is 25.7. The fourth-order valence-corrected chi connectivity index (χ4v) is 1.29. The van der Waals surface area contributed by atoms with E-state index in [2.05, 4.69) is 15.6 Å². The summed E-state index contributed by atoms with van der Waals surface area (Å²) in [5, 5.41) is 15.9. The monoisotopic (exact) mass is 254 g/mol. The molecule has 0 atom stereocenters. The highest BCUT2D eigenvalue weighted by Gasteiger charge is 2.17. The number of rotatable bonds is 6. The zero-order valence-electron chi connectivity index (χ0n) is 10.1. The molecule has 0 aliphatic rings. The molecule has 0 saturated heterocycles. The molecule has 18 heavy (non-hydrogen) atoms. The van der Waals surface area contributed by atoms with Gasteiger partial charge < -0.3 is 15.4 Å². The summed E-state index contributed by atoms with van der Waals surface area (Å²) in [6, 6.07) is 1.18. The highest BCUT2D eigenvalue weighted by molar-refractivity contribution is 5.99. The first-order valence-electron chi connectivity index (χ1n) is 5.19. The molecular weight excluding hydrogens is 240 g/mol. The Balaban J connectivity index is 2.93. The zero-order valence-corrected chi connectivity index (χ0v) is 10.1. The van der Waals surface area contributed by atoms with Gasteiger partial charge in [-0.25, -0.2) is 4.98 Å². The van der Waals surface area contributed by atoms with Crippen molar-refractivity contribution in [2.75, 3.05) is 32.6 Å². The van der Waals surface area contributed by atoms with Gasteiger partial charge >= 0.3 is 0 Å². The van der Waals surface area contributed by atoms with E-state index in [0.717, 1.165) is 6.20 Å². The number of anilines is 1. The third-order valence-corrected chi connectivity index (χ3v) is 2.16. The first-order chi connectivity index (χ1) is 8.60. The number of hydrogen-bond donors (Lipinski definition) is 2. The van der Waals surface area contributed by atoms with Gasteiger partial charge in [0, 0.05) is 26.8 Å². The SMILES string of the molecule is CNc1ncc([N+](=O)[O-])cc1C(=O)NCCOC. The summed E-state index contributed by atoms with van der Waals surface area (Å²) in [6.45, 7) is 0.685. The Morgan fingerprint density at radius 3 is 2.89 bits per heavy atom. The van der Waals surface area contributed by atoms with Crippen molar-refractivity contribution in [3.8, 4) is 0 Å². The van der Waals surface area contributed by atoms with Gasteiger partial charge in [0.25, 0.3) is 11.6 Å². The van der Waals surface area contributed by atoms with Crippen molar-refractivity contribution in [2.24, 2.45) is 0 Å². The molecule has 0 aromatic carbocycles. The lowest BCUT2D eigenvalue weighted by atomic mass is 10.2. The van der Waals surface area contributed by atoms with Gasteiger partial charge in [-0.3, -0.25) is 14.9 Å². The third-order valence-electron chi connectivity index (χ3n) is 2.16. The average molecular weight is 254 g/mol. The quantitative estimate of drug-likeness (QED) is 0.432. The second-order valence-electron chi connectivity index (χ2n) is 3.35. The maximum Gasteiger partial charge on any atom is 0.288 e. The number of amides is 1. The molecule has 1 rings (SSSR count). The van der Waals surface area contributed by atoms with E-state index >= 15 is 0 Å². The van der Waals surface area contributed by atoms with Crippen molar-refractivity contribution in [3.63, 3.8) is 0 Å². The van der Waals surface area contributed by atoms with E-state index in [1.54, 1.807) is 7.05 Å². The van der Waals surface area contributed by atoms with E-state index < -0.39 is 10.8 Å². The number of ether oxygens (including phenoxy) is 1. The summed E-state index contributed by atoms with van der Waals surface area (Å²) >= 11 is 0. The van der Waals surface area contributed by atoms with E-state index in [-0.39, 0.29) is 17.1 Å². The number of hydrogen-bond acceptors (Lipinski definition) is 6. The Kier molecular flexibility index (Phi) is 5.00. The molecule has 0 spiro atoms. The standard InChI is InChI=1S/C10H14N4O4/c1-11-9-8(10(15)12-3-4-18-2)5-7(6-13-9)14(16)17/h5-6H,3-4H2,1-2H3,(H,11,13)(H,12,15). The zero-order chi connectivity index (χ0) is 13.5. The van der Waals surface area contributed by atoms with Crippen molar-refractivity contribution in [3.05, 3.63) is 27.9 Å². The van der Waals surface area contributed by atoms with Gasteiger partial charge in [0.15, 0.2) is 0 Å². The Labute approximate surface area is 104 Å². The van der Waals surface area contributed by atoms with Crippen molar-refractivity contribution in [1.29, 1.82) is 0 Å². The molecule has 0 radical (unpaired) electrons. The lowest BCUT2D eigenvalue weighted by molar-refractivity contribution is -0.385. The van der Waals surface area contributed by atoms with Crippen LogP contribution in [0.1, 0.15) is 10.4 Å². The van der Waals surface area contributed by atoms with Crippen molar-refractivity contribution in [1.82, 2.24) is 10.3 Å². The second-order valence-corrected chi connectivity index (χ2v) is 3.35. The van der Waals surface area contributed by atoms with E-state index in [0.29, 0.717) is 13.2 Å². The van der Waals surface area contributed by atoms with Crippen LogP contribution in [-0.4, -0.2) is 43.1 Å². The molecule has 0 bridgehead atoms. The average Bonchev–Trinajstić information content (AvgIpc) is 2.38. The molecule has 0 unspecified atom stereocenters. The Morgan fingerprint density at radius 1 is 1.61 bits per heavy atom. The largest absolute Gasteiger partial charge is 0.383 e. The van der Waals surface area contributed by atoms with E-state index in [9.17, 15) is 14.9 Å². The third kappa shape index (κ3) is 3.39. The van der Waals surface area contributed by atoms with Crippen LogP contribution in [0.15, 0.2) is 12.3 Å². The van der Waals surface area contributed by atoms with Crippen LogP contribution in [0.25, 0.3) is 0 Å². The molecule has 2 N–H and O–H groups in total. The lowest BCUT2D eigenvalue weighted by Gasteiger charge is -2.08. The van der Waals surface area contributed by atoms with Crippen LogP contribution < -0.4 is 10.6 Å². The van der Waals surface area contributed by atoms with Gasteiger partial charge in [0.1, 0.15) is 12.0 Å². The molecule has 0 saturated carbocycles. The van der Waals surface area contributed by atoms with Crippen LogP contribution in [0, 0.1) is 10.1 Å². The molecule has 98 valence electrons. The summed E-state index contributed by atoms with van der Waals surface area (Å²) in [5.74, 6) is -0.150. The number of pyridine rings is 1. The molecule has 0 aliphatic carbocycles. The van der Waals surface area contributed by atoms with Crippen LogP contribution in [0.3, 0.4) is 0 Å². The van der Waals surface area contributed by atoms with Gasteiger partial charge in [-0.05, 0) is 0 Å². The van der Waals surface area contributed by atoms with Crippen LogP contribution in [0.2, 0.25) is 0 Å². The molecule has 8 nitrogen and oxygen atoms in total. The second kappa shape index (κ2) is 6.50. The minimum atomic E-state index is -0.599. The van der Waals surface area contributed by atoms with Gasteiger partial charge in [-0.15, -0.1) is 0 Å². The Hall–Kier alpha value is -2.22. The first-order valence-corrected chi connectivity index (χ1v) is 5.19. The first kappa shape index (κ1) is 13.8. The van der Waals surface area contributed by atoms with Gasteiger partial charge in [-0.2, -0.15) is 0 Å². The normalized spacial score (nSPS) is 9.89. The van der Waals surface area contributed by atoms with Crippen LogP contribution in [0.4, 0.5) is 11.5 Å². The maximum absolute atomic E-state index is 11.8. The van der Waals surface area contributed by atoms with Crippen molar-refractivity contribution in [2.45, 2.75) is 0 Å². The van der Waals surface area contributed by atoms with Crippen molar-refractivity contribution >= 4 is 17.4 Å². The number of nitrogens with one attached hydrogen (secondary N) is 2. The number of nitrogens with zero attached hydrogens (tertiary/aromatic N) is 2.